The lowest BCUT2D eigenvalue weighted by Crippen LogP contribution is -2.48. The van der Waals surface area contributed by atoms with Gasteiger partial charge in [0.25, 0.3) is 0 Å². The molecule has 8 aliphatic carbocycles. The van der Waals surface area contributed by atoms with E-state index in [0.29, 0.717) is 0 Å². The third-order valence-electron chi connectivity index (χ3n) is 17.6. The first-order valence-electron chi connectivity index (χ1n) is 23.0. The van der Waals surface area contributed by atoms with E-state index in [0.717, 1.165) is 35.5 Å². The monoisotopic (exact) mass is 761 g/mol. The van der Waals surface area contributed by atoms with Gasteiger partial charge in [-0.3, -0.25) is 0 Å². The highest BCUT2D eigenvalue weighted by Gasteiger charge is 2.60. The maximum atomic E-state index is 2.64. The summed E-state index contributed by atoms with van der Waals surface area (Å²) < 4.78 is 0. The van der Waals surface area contributed by atoms with Crippen molar-refractivity contribution in [3.05, 3.63) is 174 Å². The number of hydrogen-bond donors (Lipinski definition) is 0. The second-order valence-electron chi connectivity index (χ2n) is 20.0. The normalized spacial score (nSPS) is 29.8. The van der Waals surface area contributed by atoms with E-state index >= 15 is 0 Å². The van der Waals surface area contributed by atoms with Crippen LogP contribution in [-0.4, -0.2) is 0 Å². The molecule has 15 rings (SSSR count). The average Bonchev–Trinajstić information content (AvgIpc) is 4.00. The van der Waals surface area contributed by atoms with Gasteiger partial charge in [-0.05, 0) is 190 Å². The molecule has 0 aliphatic heterocycles. The van der Waals surface area contributed by atoms with Crippen molar-refractivity contribution >= 4 is 27.8 Å². The number of anilines is 3. The largest absolute Gasteiger partial charge is 0.310 e. The fraction of sp³-hybridized carbons (Fsp3) is 0.310. The zero-order valence-electron chi connectivity index (χ0n) is 33.9. The third kappa shape index (κ3) is 4.42. The SMILES string of the molecule is c1cc(-c2cccc3ccccc23)cc(N(c2ccc3c(c2)-c2ccccc2C32C3CCC4CC(C3)CC2C4)c2ccc3c(c2)C2(CC4CCC2C4)c2ccccc2-3)c1. The van der Waals surface area contributed by atoms with Gasteiger partial charge in [-0.2, -0.15) is 0 Å². The highest BCUT2D eigenvalue weighted by molar-refractivity contribution is 5.98. The summed E-state index contributed by atoms with van der Waals surface area (Å²) in [4.78, 5) is 2.62. The Morgan fingerprint density at radius 2 is 1.03 bits per heavy atom. The Bertz CT molecular complexity index is 2870. The lowest BCUT2D eigenvalue weighted by molar-refractivity contribution is 0.0618. The Labute approximate surface area is 349 Å². The van der Waals surface area contributed by atoms with E-state index < -0.39 is 0 Å². The van der Waals surface area contributed by atoms with E-state index in [1.165, 1.54) is 125 Å². The van der Waals surface area contributed by atoms with Crippen LogP contribution in [-0.2, 0) is 10.8 Å². The minimum absolute atomic E-state index is 0.128. The minimum Gasteiger partial charge on any atom is -0.310 e. The summed E-state index contributed by atoms with van der Waals surface area (Å²) in [7, 11) is 0. The minimum atomic E-state index is 0.128. The van der Waals surface area contributed by atoms with Crippen LogP contribution in [0.1, 0.15) is 86.5 Å². The van der Waals surface area contributed by atoms with Crippen LogP contribution < -0.4 is 4.90 Å². The molecule has 0 aromatic heterocycles. The van der Waals surface area contributed by atoms with Crippen LogP contribution in [0.15, 0.2) is 152 Å². The van der Waals surface area contributed by atoms with Gasteiger partial charge < -0.3 is 4.90 Å². The zero-order valence-corrected chi connectivity index (χ0v) is 33.9. The summed E-state index contributed by atoms with van der Waals surface area (Å²) in [5.74, 6) is 4.93. The highest BCUT2D eigenvalue weighted by Crippen LogP contribution is 2.69. The zero-order chi connectivity index (χ0) is 38.5. The Kier molecular flexibility index (Phi) is 6.85. The smallest absolute Gasteiger partial charge is 0.0468 e. The van der Waals surface area contributed by atoms with Gasteiger partial charge in [-0.25, -0.2) is 0 Å². The van der Waals surface area contributed by atoms with E-state index in [1.807, 2.05) is 0 Å². The van der Waals surface area contributed by atoms with Crippen LogP contribution in [0.5, 0.6) is 0 Å². The number of benzene rings is 7. The van der Waals surface area contributed by atoms with Gasteiger partial charge in [0.2, 0.25) is 0 Å². The number of hydrogen-bond acceptors (Lipinski definition) is 1. The molecule has 6 saturated carbocycles. The molecule has 8 atom stereocenters. The van der Waals surface area contributed by atoms with E-state index in [1.54, 1.807) is 22.3 Å². The molecular formula is C58H51N. The van der Waals surface area contributed by atoms with Crippen molar-refractivity contribution in [3.8, 4) is 33.4 Å². The molecule has 2 spiro atoms. The lowest BCUT2D eigenvalue weighted by atomic mass is 9.51. The summed E-state index contributed by atoms with van der Waals surface area (Å²) in [5.41, 5.74) is 19.0. The molecule has 0 N–H and O–H groups in total. The standard InChI is InChI=1S/C58H51N/c1-2-13-47-39(9-1)10-8-16-48(47)40-11-7-12-44(32-40)59(46-23-25-51-49-14-3-5-17-53(49)57(56(51)34-46)35-37-20-21-41(57)29-37)45-24-26-55-52(33-45)50-15-4-6-18-54(50)58(55)42-22-19-36-27-38(30-42)31-43(58)28-36/h1-18,23-26,32-34,36-38,41-43H,19-22,27-31,35H2. The molecule has 0 radical (unpaired) electrons. The average molecular weight is 762 g/mol. The number of fused-ring (bicyclic) bond motifs is 13. The maximum Gasteiger partial charge on any atom is 0.0468 e. The second kappa shape index (κ2) is 12.1. The molecule has 0 saturated heterocycles. The van der Waals surface area contributed by atoms with Crippen molar-refractivity contribution in [2.45, 2.75) is 75.0 Å². The summed E-state index contributed by atoms with van der Waals surface area (Å²) in [6.07, 6.45) is 14.0. The van der Waals surface area contributed by atoms with E-state index in [-0.39, 0.29) is 10.8 Å². The van der Waals surface area contributed by atoms with Crippen molar-refractivity contribution in [1.82, 2.24) is 0 Å². The van der Waals surface area contributed by atoms with Crippen LogP contribution in [0.3, 0.4) is 0 Å². The second-order valence-corrected chi connectivity index (χ2v) is 20.0. The van der Waals surface area contributed by atoms with Gasteiger partial charge in [-0.1, -0.05) is 128 Å². The molecule has 0 heterocycles. The molecule has 59 heavy (non-hydrogen) atoms. The van der Waals surface area contributed by atoms with Crippen molar-refractivity contribution in [2.75, 3.05) is 4.90 Å². The van der Waals surface area contributed by atoms with Crippen molar-refractivity contribution in [2.24, 2.45) is 35.5 Å². The van der Waals surface area contributed by atoms with Gasteiger partial charge in [0, 0.05) is 27.9 Å². The molecule has 1 nitrogen and oxygen atoms in total. The Hall–Kier alpha value is -5.40. The van der Waals surface area contributed by atoms with E-state index in [9.17, 15) is 0 Å². The lowest BCUT2D eigenvalue weighted by Gasteiger charge is -2.53. The van der Waals surface area contributed by atoms with Crippen LogP contribution in [0.2, 0.25) is 0 Å². The number of rotatable bonds is 4. The molecular weight excluding hydrogens is 711 g/mol. The third-order valence-corrected chi connectivity index (χ3v) is 17.6. The van der Waals surface area contributed by atoms with Crippen LogP contribution >= 0.6 is 0 Å². The van der Waals surface area contributed by atoms with Gasteiger partial charge >= 0.3 is 0 Å². The van der Waals surface area contributed by atoms with E-state index in [4.69, 9.17) is 0 Å². The summed E-state index contributed by atoms with van der Waals surface area (Å²) in [6, 6.07) is 59.4. The summed E-state index contributed by atoms with van der Waals surface area (Å²) >= 11 is 0. The van der Waals surface area contributed by atoms with Crippen LogP contribution in [0.25, 0.3) is 44.2 Å². The van der Waals surface area contributed by atoms with Gasteiger partial charge in [0.05, 0.1) is 0 Å². The van der Waals surface area contributed by atoms with Crippen LogP contribution in [0.4, 0.5) is 17.1 Å². The van der Waals surface area contributed by atoms with Gasteiger partial charge in [0.15, 0.2) is 0 Å². The summed E-state index contributed by atoms with van der Waals surface area (Å²) in [5, 5.41) is 2.59. The molecule has 7 aromatic rings. The van der Waals surface area contributed by atoms with Crippen molar-refractivity contribution < 1.29 is 0 Å². The molecule has 6 fully saturated rings. The molecule has 6 bridgehead atoms. The number of nitrogens with zero attached hydrogens (tertiary/aromatic N) is 1. The summed E-state index contributed by atoms with van der Waals surface area (Å²) in [6.45, 7) is 0. The molecule has 8 unspecified atom stereocenters. The van der Waals surface area contributed by atoms with Gasteiger partial charge in [0.1, 0.15) is 0 Å². The molecule has 7 aromatic carbocycles. The molecule has 0 amide bonds. The first kappa shape index (κ1) is 33.4. The Balaban J connectivity index is 0.982. The first-order chi connectivity index (χ1) is 29.2. The Morgan fingerprint density at radius 1 is 0.390 bits per heavy atom. The molecule has 1 heteroatoms. The van der Waals surface area contributed by atoms with E-state index in [2.05, 4.69) is 157 Å². The fourth-order valence-corrected chi connectivity index (χ4v) is 15.7. The predicted octanol–water partition coefficient (Wildman–Crippen LogP) is 15.2. The van der Waals surface area contributed by atoms with Crippen molar-refractivity contribution in [3.63, 3.8) is 0 Å². The topological polar surface area (TPSA) is 3.24 Å². The fourth-order valence-electron chi connectivity index (χ4n) is 15.7. The molecule has 8 aliphatic rings. The maximum absolute atomic E-state index is 2.64. The van der Waals surface area contributed by atoms with Crippen molar-refractivity contribution in [1.29, 1.82) is 0 Å². The van der Waals surface area contributed by atoms with Crippen LogP contribution in [0, 0.1) is 35.5 Å². The van der Waals surface area contributed by atoms with Gasteiger partial charge in [-0.15, -0.1) is 0 Å². The highest BCUT2D eigenvalue weighted by atomic mass is 15.1. The quantitative estimate of drug-likeness (QED) is 0.173. The predicted molar refractivity (Wildman–Crippen MR) is 244 cm³/mol. The first-order valence-corrected chi connectivity index (χ1v) is 23.0. The Morgan fingerprint density at radius 3 is 1.93 bits per heavy atom. The molecule has 288 valence electrons.